The number of rotatable bonds is 5. The first-order valence-electron chi connectivity index (χ1n) is 24.0. The summed E-state index contributed by atoms with van der Waals surface area (Å²) in [5.41, 5.74) is -1.91. The Morgan fingerprint density at radius 2 is 1.21 bits per heavy atom. The Morgan fingerprint density at radius 1 is 0.605 bits per heavy atom. The van der Waals surface area contributed by atoms with Crippen molar-refractivity contribution >= 4 is 32.6 Å². The lowest BCUT2D eigenvalue weighted by Crippen LogP contribution is -1.99. The predicted octanol–water partition coefficient (Wildman–Crippen LogP) is 10.9. The lowest BCUT2D eigenvalue weighted by atomic mass is 9.85. The molecule has 0 aliphatic heterocycles. The van der Waals surface area contributed by atoms with Gasteiger partial charge in [-0.3, -0.25) is 4.57 Å². The normalized spacial score (nSPS) is 19.3. The van der Waals surface area contributed by atoms with Gasteiger partial charge in [-0.1, -0.05) is 128 Å². The number of nitrogens with zero attached hydrogens (tertiary/aromatic N) is 2. The number of imidazole rings is 1. The van der Waals surface area contributed by atoms with Crippen molar-refractivity contribution in [3.05, 3.63) is 157 Å². The van der Waals surface area contributed by atoms with Crippen molar-refractivity contribution in [2.75, 3.05) is 0 Å². The van der Waals surface area contributed by atoms with Gasteiger partial charge < -0.3 is 0 Å². The summed E-state index contributed by atoms with van der Waals surface area (Å²) in [6, 6.07) is -2.17. The molecule has 0 atom stereocenters. The van der Waals surface area contributed by atoms with E-state index >= 15 is 0 Å². The molecule has 0 aliphatic rings. The molecule has 0 saturated carbocycles. The van der Waals surface area contributed by atoms with Crippen molar-refractivity contribution in [2.45, 2.75) is 13.2 Å². The van der Waals surface area contributed by atoms with E-state index in [1.807, 2.05) is 0 Å². The second kappa shape index (κ2) is 10.4. The molecule has 0 unspecified atom stereocenters. The maximum absolute atomic E-state index is 9.89. The minimum atomic E-state index is -3.15. The van der Waals surface area contributed by atoms with E-state index in [1.165, 1.54) is 28.8 Å². The van der Waals surface area contributed by atoms with E-state index in [0.717, 1.165) is 0 Å². The first-order valence-corrected chi connectivity index (χ1v) is 13.0. The topological polar surface area (TPSA) is 17.8 Å². The van der Waals surface area contributed by atoms with Crippen molar-refractivity contribution < 1.29 is 30.2 Å². The Kier molecular flexibility index (Phi) is 2.74. The first kappa shape index (κ1) is 11.3. The van der Waals surface area contributed by atoms with Gasteiger partial charge in [0.15, 0.2) is 0 Å². The highest BCUT2D eigenvalue weighted by Crippen LogP contribution is 2.44. The molecule has 0 N–H and O–H groups in total. The van der Waals surface area contributed by atoms with Gasteiger partial charge in [0.1, 0.15) is 5.82 Å². The molecule has 0 fully saturated rings. The molecule has 2 heteroatoms. The van der Waals surface area contributed by atoms with E-state index in [1.54, 1.807) is 24.3 Å². The average molecular weight is 573 g/mol. The highest BCUT2D eigenvalue weighted by Gasteiger charge is 2.17. The second-order valence-electron chi connectivity index (χ2n) is 9.43. The van der Waals surface area contributed by atoms with Crippen LogP contribution in [0.5, 0.6) is 0 Å². The molecule has 204 valence electrons. The molecule has 0 amide bonds. The lowest BCUT2D eigenvalue weighted by Gasteiger charge is -2.19. The summed E-state index contributed by atoms with van der Waals surface area (Å²) < 4.78 is 194. The van der Waals surface area contributed by atoms with Crippen LogP contribution in [0.2, 0.25) is 0 Å². The maximum atomic E-state index is 9.89. The molecule has 43 heavy (non-hydrogen) atoms. The van der Waals surface area contributed by atoms with Gasteiger partial charge in [0, 0.05) is 18.9 Å². The molecule has 0 bridgehead atoms. The molecule has 7 aromatic carbocycles. The summed E-state index contributed by atoms with van der Waals surface area (Å²) in [7, 11) is 0. The number of hydrogen-bond acceptors (Lipinski definition) is 1. The quantitative estimate of drug-likeness (QED) is 0.188. The number of aryl methyl sites for hydroxylation is 1. The SMILES string of the molecule is [2H]c1c([2H])c([2H])c(-c2c3c([2H])c([2H])c([2H])c([2H])c3c(-c3c([2H])c([2H])c([2H])c([2H])c3[2H])c3c([2H])c(-c4ccc(-n5c(C([2H])([2H])C([2H])([2H])[2H])nc6ccccc65)cc4)c([2H])c([2H])c23)c([2H])c1[2H]. The molecule has 0 spiro atoms. The molecular formula is C41H30N2. The number of hydrogen-bond donors (Lipinski definition) is 0. The molecule has 2 nitrogen and oxygen atoms in total. The zero-order valence-electron chi connectivity index (χ0n) is 44.0. The molecule has 1 aromatic heterocycles. The maximum Gasteiger partial charge on any atom is 0.114 e. The van der Waals surface area contributed by atoms with Crippen LogP contribution in [-0.2, 0) is 6.37 Å². The zero-order chi connectivity index (χ0) is 47.8. The van der Waals surface area contributed by atoms with E-state index in [2.05, 4.69) is 4.98 Å². The number of fused-ring (bicyclic) bond motifs is 3. The number of benzene rings is 7. The van der Waals surface area contributed by atoms with Crippen molar-refractivity contribution in [1.29, 1.82) is 0 Å². The standard InChI is InChI=1S/C41H30N2/c1-2-39-42-37-19-11-12-20-38(37)43(39)32-24-21-28(22-25-32)31-23-26-35-36(27-31)41(30-15-7-4-8-16-30)34-18-10-9-17-33(34)40(35)29-13-5-3-6-14-29/h3-27H,2H2,1H3/i1D3,2D2,3D,4D,5D,6D,7D,8D,9D,10D,13D,14D,15D,16D,17D,18D,23D,26D,27D. The Bertz CT molecular complexity index is 3350. The Morgan fingerprint density at radius 3 is 1.88 bits per heavy atom. The van der Waals surface area contributed by atoms with Crippen LogP contribution in [0, 0.1) is 0 Å². The van der Waals surface area contributed by atoms with Gasteiger partial charge in [0.05, 0.1) is 34.3 Å². The van der Waals surface area contributed by atoms with Crippen molar-refractivity contribution in [2.24, 2.45) is 0 Å². The third-order valence-corrected chi connectivity index (χ3v) is 7.09. The second-order valence-corrected chi connectivity index (χ2v) is 9.43. The highest BCUT2D eigenvalue weighted by atomic mass is 15.1. The highest BCUT2D eigenvalue weighted by molar-refractivity contribution is 6.21. The van der Waals surface area contributed by atoms with Crippen molar-refractivity contribution in [3.8, 4) is 39.1 Å². The summed E-state index contributed by atoms with van der Waals surface area (Å²) in [6.07, 6.45) is -2.96. The van der Waals surface area contributed by atoms with Gasteiger partial charge in [0.2, 0.25) is 0 Å². The van der Waals surface area contributed by atoms with Crippen LogP contribution >= 0.6 is 0 Å². The number of para-hydroxylation sites is 2. The molecule has 8 rings (SSSR count). The Hall–Kier alpha value is -5.47. The third kappa shape index (κ3) is 4.23. The van der Waals surface area contributed by atoms with Crippen LogP contribution in [0.25, 0.3) is 71.6 Å². The number of aromatic nitrogens is 2. The minimum Gasteiger partial charge on any atom is -0.296 e. The molecule has 0 saturated heterocycles. The smallest absolute Gasteiger partial charge is 0.114 e. The van der Waals surface area contributed by atoms with Gasteiger partial charge in [-0.15, -0.1) is 0 Å². The molecule has 8 aromatic rings. The largest absolute Gasteiger partial charge is 0.296 e. The van der Waals surface area contributed by atoms with E-state index in [4.69, 9.17) is 23.3 Å². The Labute approximate surface area is 282 Å². The van der Waals surface area contributed by atoms with Gasteiger partial charge in [-0.25, -0.2) is 4.98 Å². The summed E-state index contributed by atoms with van der Waals surface area (Å²) in [6.45, 7) is -3.15. The van der Waals surface area contributed by atoms with Gasteiger partial charge >= 0.3 is 0 Å². The van der Waals surface area contributed by atoms with Crippen LogP contribution in [0.4, 0.5) is 0 Å². The lowest BCUT2D eigenvalue weighted by molar-refractivity contribution is 0.908. The van der Waals surface area contributed by atoms with E-state index in [0.29, 0.717) is 5.52 Å². The van der Waals surface area contributed by atoms with Crippen LogP contribution in [0.1, 0.15) is 42.8 Å². The van der Waals surface area contributed by atoms with E-state index in [9.17, 15) is 6.85 Å². The van der Waals surface area contributed by atoms with Crippen molar-refractivity contribution in [3.63, 3.8) is 0 Å². The molecule has 1 heterocycles. The van der Waals surface area contributed by atoms with Crippen LogP contribution in [-0.4, -0.2) is 9.55 Å². The Balaban J connectivity index is 1.59. The van der Waals surface area contributed by atoms with Crippen LogP contribution < -0.4 is 0 Å². The molecular weight excluding hydrogens is 520 g/mol. The van der Waals surface area contributed by atoms with Crippen LogP contribution in [0.3, 0.4) is 0 Å². The third-order valence-electron chi connectivity index (χ3n) is 7.09. The summed E-state index contributed by atoms with van der Waals surface area (Å²) in [5, 5.41) is -2.22. The van der Waals surface area contributed by atoms with Gasteiger partial charge in [-0.2, -0.15) is 0 Å². The van der Waals surface area contributed by atoms with Gasteiger partial charge in [-0.05, 0) is 85.2 Å². The van der Waals surface area contributed by atoms with Crippen molar-refractivity contribution in [1.82, 2.24) is 9.55 Å². The predicted molar refractivity (Wildman–Crippen MR) is 182 cm³/mol. The molecule has 0 radical (unpaired) electrons. The zero-order valence-corrected chi connectivity index (χ0v) is 22.0. The molecule has 0 aliphatic carbocycles. The van der Waals surface area contributed by atoms with E-state index in [-0.39, 0.29) is 22.3 Å². The first-order chi connectivity index (χ1) is 30.3. The summed E-state index contributed by atoms with van der Waals surface area (Å²) in [4.78, 5) is 4.32. The average Bonchev–Trinajstić information content (AvgIpc) is 3.67. The summed E-state index contributed by atoms with van der Waals surface area (Å²) in [5.74, 6) is -0.451. The summed E-state index contributed by atoms with van der Waals surface area (Å²) >= 11 is 0. The monoisotopic (exact) mass is 572 g/mol. The fraction of sp³-hybridized carbons (Fsp3) is 0.0488. The van der Waals surface area contributed by atoms with Crippen LogP contribution in [0.15, 0.2) is 151 Å². The minimum absolute atomic E-state index is 0.0374. The van der Waals surface area contributed by atoms with E-state index < -0.39 is 166 Å². The fourth-order valence-corrected chi connectivity index (χ4v) is 5.26. The van der Waals surface area contributed by atoms with Gasteiger partial charge in [0.25, 0.3) is 0 Å². The fourth-order valence-electron chi connectivity index (χ4n) is 5.26.